The minimum absolute atomic E-state index is 0.0759. The molecule has 19 heavy (non-hydrogen) atoms. The lowest BCUT2D eigenvalue weighted by atomic mass is 10.1. The summed E-state index contributed by atoms with van der Waals surface area (Å²) in [5.74, 6) is -0.713. The Kier molecular flexibility index (Phi) is 4.00. The van der Waals surface area contributed by atoms with E-state index in [4.69, 9.17) is 10.8 Å². The first kappa shape index (κ1) is 13.3. The normalized spacial score (nSPS) is 10.6. The number of carboxylic acids is 1. The molecule has 0 fully saturated rings. The standard InChI is InChI=1S/C11H13N5O2S/c1-7-4-13-3-2-8(7)5-16-10(12)14-15-11(16)19-6-9(17)18/h2-4H,5-6H2,1H3,(H2,12,14)(H,17,18). The molecule has 0 bridgehead atoms. The van der Waals surface area contributed by atoms with E-state index in [1.54, 1.807) is 17.0 Å². The number of carboxylic acid groups (broad SMARTS) is 1. The van der Waals surface area contributed by atoms with Crippen LogP contribution in [0.4, 0.5) is 5.95 Å². The van der Waals surface area contributed by atoms with E-state index < -0.39 is 5.97 Å². The fourth-order valence-electron chi connectivity index (χ4n) is 1.53. The molecule has 0 aliphatic carbocycles. The van der Waals surface area contributed by atoms with Crippen LogP contribution in [0.2, 0.25) is 0 Å². The summed E-state index contributed by atoms with van der Waals surface area (Å²) in [5.41, 5.74) is 7.83. The third-order valence-corrected chi connectivity index (χ3v) is 3.49. The fraction of sp³-hybridized carbons (Fsp3) is 0.273. The lowest BCUT2D eigenvalue weighted by Gasteiger charge is -2.09. The Morgan fingerprint density at radius 2 is 2.32 bits per heavy atom. The van der Waals surface area contributed by atoms with Gasteiger partial charge in [-0.25, -0.2) is 0 Å². The van der Waals surface area contributed by atoms with Crippen LogP contribution >= 0.6 is 11.8 Å². The van der Waals surface area contributed by atoms with Crippen LogP contribution in [0.1, 0.15) is 11.1 Å². The molecule has 0 unspecified atom stereocenters. The van der Waals surface area contributed by atoms with Crippen LogP contribution in [0.5, 0.6) is 0 Å². The highest BCUT2D eigenvalue weighted by Crippen LogP contribution is 2.20. The van der Waals surface area contributed by atoms with Gasteiger partial charge in [-0.15, -0.1) is 10.2 Å². The van der Waals surface area contributed by atoms with Crippen molar-refractivity contribution in [3.63, 3.8) is 0 Å². The number of nitrogen functional groups attached to an aromatic ring is 1. The maximum Gasteiger partial charge on any atom is 0.313 e. The molecule has 0 atom stereocenters. The molecule has 0 saturated heterocycles. The van der Waals surface area contributed by atoms with Gasteiger partial charge in [-0.1, -0.05) is 11.8 Å². The zero-order valence-electron chi connectivity index (χ0n) is 10.3. The zero-order chi connectivity index (χ0) is 13.8. The summed E-state index contributed by atoms with van der Waals surface area (Å²) in [6.07, 6.45) is 3.47. The molecule has 100 valence electrons. The van der Waals surface area contributed by atoms with E-state index in [2.05, 4.69) is 15.2 Å². The molecule has 2 heterocycles. The summed E-state index contributed by atoms with van der Waals surface area (Å²) >= 11 is 1.10. The van der Waals surface area contributed by atoms with Crippen LogP contribution in [0.3, 0.4) is 0 Å². The van der Waals surface area contributed by atoms with Crippen LogP contribution in [0.25, 0.3) is 0 Å². The summed E-state index contributed by atoms with van der Waals surface area (Å²) in [7, 11) is 0. The first-order valence-electron chi connectivity index (χ1n) is 5.50. The summed E-state index contributed by atoms with van der Waals surface area (Å²) in [6, 6.07) is 1.89. The third kappa shape index (κ3) is 3.22. The molecule has 0 saturated carbocycles. The van der Waals surface area contributed by atoms with Gasteiger partial charge in [0.05, 0.1) is 12.3 Å². The van der Waals surface area contributed by atoms with Crippen LogP contribution < -0.4 is 5.73 Å². The molecule has 0 spiro atoms. The number of nitrogens with zero attached hydrogens (tertiary/aromatic N) is 4. The zero-order valence-corrected chi connectivity index (χ0v) is 11.1. The predicted molar refractivity (Wildman–Crippen MR) is 70.9 cm³/mol. The van der Waals surface area contributed by atoms with E-state index in [0.717, 1.165) is 22.9 Å². The van der Waals surface area contributed by atoms with Crippen molar-refractivity contribution < 1.29 is 9.90 Å². The molecule has 2 aromatic rings. The Balaban J connectivity index is 2.22. The summed E-state index contributed by atoms with van der Waals surface area (Å²) in [5, 5.41) is 16.9. The number of aliphatic carboxylic acids is 1. The molecule has 2 rings (SSSR count). The second-order valence-corrected chi connectivity index (χ2v) is 4.85. The average molecular weight is 279 g/mol. The van der Waals surface area contributed by atoms with Gasteiger partial charge < -0.3 is 10.8 Å². The number of carbonyl (C=O) groups is 1. The molecule has 0 aliphatic heterocycles. The van der Waals surface area contributed by atoms with E-state index in [0.29, 0.717) is 11.7 Å². The van der Waals surface area contributed by atoms with Gasteiger partial charge in [0.25, 0.3) is 0 Å². The van der Waals surface area contributed by atoms with Gasteiger partial charge in [0.15, 0.2) is 5.16 Å². The van der Waals surface area contributed by atoms with E-state index in [-0.39, 0.29) is 11.7 Å². The lowest BCUT2D eigenvalue weighted by Crippen LogP contribution is -2.08. The number of thioether (sulfide) groups is 1. The first-order chi connectivity index (χ1) is 9.08. The van der Waals surface area contributed by atoms with Gasteiger partial charge in [0.2, 0.25) is 5.95 Å². The maximum atomic E-state index is 10.6. The van der Waals surface area contributed by atoms with Crippen molar-refractivity contribution in [3.8, 4) is 0 Å². The highest BCUT2D eigenvalue weighted by molar-refractivity contribution is 7.99. The van der Waals surface area contributed by atoms with Crippen molar-refractivity contribution in [2.75, 3.05) is 11.5 Å². The van der Waals surface area contributed by atoms with E-state index in [1.807, 2.05) is 13.0 Å². The Labute approximate surface area is 113 Å². The number of anilines is 1. The van der Waals surface area contributed by atoms with Gasteiger partial charge in [0.1, 0.15) is 0 Å². The topological polar surface area (TPSA) is 107 Å². The summed E-state index contributed by atoms with van der Waals surface area (Å²) < 4.78 is 1.69. The van der Waals surface area contributed by atoms with Gasteiger partial charge in [-0.2, -0.15) is 0 Å². The Bertz CT molecular complexity index is 599. The van der Waals surface area contributed by atoms with Crippen molar-refractivity contribution in [1.29, 1.82) is 0 Å². The second kappa shape index (κ2) is 5.70. The van der Waals surface area contributed by atoms with E-state index >= 15 is 0 Å². The van der Waals surface area contributed by atoms with Gasteiger partial charge in [0, 0.05) is 12.4 Å². The van der Waals surface area contributed by atoms with Crippen molar-refractivity contribution in [3.05, 3.63) is 29.6 Å². The summed E-state index contributed by atoms with van der Waals surface area (Å²) in [4.78, 5) is 14.6. The number of aryl methyl sites for hydroxylation is 1. The fourth-order valence-corrected chi connectivity index (χ4v) is 2.20. The predicted octanol–water partition coefficient (Wildman–Crippen LogP) is 0.789. The maximum absolute atomic E-state index is 10.6. The molecular formula is C11H13N5O2S. The molecule has 2 aromatic heterocycles. The van der Waals surface area contributed by atoms with Gasteiger partial charge in [-0.3, -0.25) is 14.3 Å². The van der Waals surface area contributed by atoms with Crippen LogP contribution in [-0.2, 0) is 11.3 Å². The number of pyridine rings is 1. The van der Waals surface area contributed by atoms with Gasteiger partial charge >= 0.3 is 5.97 Å². The molecule has 0 aliphatic rings. The number of hydrogen-bond acceptors (Lipinski definition) is 6. The molecule has 0 amide bonds. The summed E-state index contributed by atoms with van der Waals surface area (Å²) in [6.45, 7) is 2.45. The number of rotatable bonds is 5. The SMILES string of the molecule is Cc1cnccc1Cn1c(N)nnc1SCC(=O)O. The van der Waals surface area contributed by atoms with Crippen LogP contribution in [-0.4, -0.2) is 36.6 Å². The second-order valence-electron chi connectivity index (χ2n) is 3.91. The highest BCUT2D eigenvalue weighted by atomic mass is 32.2. The van der Waals surface area contributed by atoms with Crippen molar-refractivity contribution >= 4 is 23.7 Å². The number of nitrogens with two attached hydrogens (primary N) is 1. The number of hydrogen-bond donors (Lipinski definition) is 2. The monoisotopic (exact) mass is 279 g/mol. The average Bonchev–Trinajstić information content (AvgIpc) is 2.71. The molecule has 3 N–H and O–H groups in total. The van der Waals surface area contributed by atoms with Crippen LogP contribution in [0.15, 0.2) is 23.6 Å². The lowest BCUT2D eigenvalue weighted by molar-refractivity contribution is -0.133. The quantitative estimate of drug-likeness (QED) is 0.779. The first-order valence-corrected chi connectivity index (χ1v) is 6.49. The van der Waals surface area contributed by atoms with Crippen molar-refractivity contribution in [2.45, 2.75) is 18.6 Å². The Morgan fingerprint density at radius 1 is 1.53 bits per heavy atom. The van der Waals surface area contributed by atoms with E-state index in [9.17, 15) is 4.79 Å². The minimum atomic E-state index is -0.904. The smallest absolute Gasteiger partial charge is 0.313 e. The van der Waals surface area contributed by atoms with E-state index in [1.165, 1.54) is 0 Å². The molecular weight excluding hydrogens is 266 g/mol. The largest absolute Gasteiger partial charge is 0.481 e. The van der Waals surface area contributed by atoms with Crippen molar-refractivity contribution in [2.24, 2.45) is 0 Å². The van der Waals surface area contributed by atoms with Crippen molar-refractivity contribution in [1.82, 2.24) is 19.7 Å². The molecule has 0 radical (unpaired) electrons. The third-order valence-electron chi connectivity index (χ3n) is 2.54. The Morgan fingerprint density at radius 3 is 3.00 bits per heavy atom. The molecule has 7 nitrogen and oxygen atoms in total. The molecule has 8 heteroatoms. The molecule has 0 aromatic carbocycles. The minimum Gasteiger partial charge on any atom is -0.481 e. The Hall–Kier alpha value is -2.09. The van der Waals surface area contributed by atoms with Crippen LogP contribution in [0, 0.1) is 6.92 Å². The number of aromatic nitrogens is 4. The highest BCUT2D eigenvalue weighted by Gasteiger charge is 2.13. The van der Waals surface area contributed by atoms with Gasteiger partial charge in [-0.05, 0) is 24.1 Å².